The van der Waals surface area contributed by atoms with Crippen LogP contribution in [0.15, 0.2) is 24.4 Å². The molecule has 3 rings (SSSR count). The first-order valence-corrected chi connectivity index (χ1v) is 10.6. The average Bonchev–Trinajstić information content (AvgIpc) is 3.12. The molecule has 0 aliphatic carbocycles. The van der Waals surface area contributed by atoms with Crippen LogP contribution >= 0.6 is 19.2 Å². The first-order valence-electron chi connectivity index (χ1n) is 8.47. The summed E-state index contributed by atoms with van der Waals surface area (Å²) in [6.45, 7) is 3.52. The summed E-state index contributed by atoms with van der Waals surface area (Å²) in [6, 6.07) is 3.87. The largest absolute Gasteiger partial charge is 0.352 e. The summed E-state index contributed by atoms with van der Waals surface area (Å²) in [4.78, 5) is 13.1. The van der Waals surface area contributed by atoms with Crippen molar-refractivity contribution in [3.63, 3.8) is 0 Å². The van der Waals surface area contributed by atoms with Crippen LogP contribution in [0.2, 0.25) is 5.02 Å². The van der Waals surface area contributed by atoms with Gasteiger partial charge in [0, 0.05) is 5.02 Å². The summed E-state index contributed by atoms with van der Waals surface area (Å²) in [6.07, 6.45) is 1.22. The van der Waals surface area contributed by atoms with Crippen molar-refractivity contribution >= 4 is 30.8 Å². The number of carbonyl (C=O) groups is 1. The van der Waals surface area contributed by atoms with E-state index < -0.39 is 25.0 Å². The predicted octanol–water partition coefficient (Wildman–Crippen LogP) is 3.79. The number of amides is 1. The van der Waals surface area contributed by atoms with Crippen molar-refractivity contribution in [1.82, 2.24) is 15.0 Å². The van der Waals surface area contributed by atoms with E-state index in [9.17, 15) is 18.1 Å². The molecule has 0 radical (unpaired) electrons. The zero-order valence-corrected chi connectivity index (χ0v) is 16.8. The van der Waals surface area contributed by atoms with Gasteiger partial charge in [-0.25, -0.2) is 4.68 Å². The van der Waals surface area contributed by atoms with Crippen molar-refractivity contribution in [3.05, 3.63) is 40.7 Å². The zero-order valence-electron chi connectivity index (χ0n) is 15.1. The Morgan fingerprint density at radius 3 is 2.57 bits per heavy atom. The molecule has 1 aliphatic heterocycles. The van der Waals surface area contributed by atoms with Crippen LogP contribution in [0.4, 0.5) is 14.5 Å². The number of anilines is 1. The minimum atomic E-state index is -3.67. The molecule has 28 heavy (non-hydrogen) atoms. The number of rotatable bonds is 8. The Balaban J connectivity index is 1.81. The Kier molecular flexibility index (Phi) is 5.86. The molecule has 0 bridgehead atoms. The molecule has 152 valence electrons. The van der Waals surface area contributed by atoms with E-state index in [-0.39, 0.29) is 42.4 Å². The van der Waals surface area contributed by atoms with Crippen LogP contribution in [0, 0.1) is 0 Å². The first kappa shape index (κ1) is 20.9. The monoisotopic (exact) mass is 434 g/mol. The standard InChI is InChI=1S/C16H18ClF2N4O4P/c1-3-26-28(25,27-4-2)10-22-8-12(20-21-22)9-23-14-6-5-11(17)7-13(14)16(18,19)15(23)24/h5-8H,3-4,9-10H2,1-2H3. The lowest BCUT2D eigenvalue weighted by molar-refractivity contribution is -0.141. The van der Waals surface area contributed by atoms with E-state index in [0.29, 0.717) is 0 Å². The molecule has 0 N–H and O–H groups in total. The van der Waals surface area contributed by atoms with Gasteiger partial charge in [-0.1, -0.05) is 16.8 Å². The number of hydrogen-bond acceptors (Lipinski definition) is 6. The van der Waals surface area contributed by atoms with Crippen LogP contribution in [0.1, 0.15) is 25.1 Å². The predicted molar refractivity (Wildman–Crippen MR) is 97.4 cm³/mol. The van der Waals surface area contributed by atoms with Crippen LogP contribution in [0.5, 0.6) is 0 Å². The van der Waals surface area contributed by atoms with Crippen molar-refractivity contribution in [3.8, 4) is 0 Å². The highest BCUT2D eigenvalue weighted by Gasteiger charge is 2.53. The Morgan fingerprint density at radius 2 is 1.93 bits per heavy atom. The molecule has 1 aliphatic rings. The van der Waals surface area contributed by atoms with Crippen LogP contribution in [-0.4, -0.2) is 34.1 Å². The van der Waals surface area contributed by atoms with Crippen LogP contribution in [0.3, 0.4) is 0 Å². The van der Waals surface area contributed by atoms with Gasteiger partial charge in [-0.15, -0.1) is 5.10 Å². The number of fused-ring (bicyclic) bond motifs is 1. The maximum atomic E-state index is 14.3. The van der Waals surface area contributed by atoms with Gasteiger partial charge in [0.15, 0.2) is 0 Å². The van der Waals surface area contributed by atoms with Gasteiger partial charge in [-0.2, -0.15) is 8.78 Å². The van der Waals surface area contributed by atoms with E-state index in [0.717, 1.165) is 11.0 Å². The quantitative estimate of drug-likeness (QED) is 0.587. The van der Waals surface area contributed by atoms with Gasteiger partial charge in [0.1, 0.15) is 12.0 Å². The highest BCUT2D eigenvalue weighted by atomic mass is 35.5. The molecule has 0 saturated carbocycles. The SMILES string of the molecule is CCOP(=O)(Cn1cc(CN2C(=O)C(F)(F)c3cc(Cl)ccc32)nn1)OCC. The molecule has 2 aromatic rings. The number of halogens is 3. The average molecular weight is 435 g/mol. The van der Waals surface area contributed by atoms with Crippen molar-refractivity contribution in [2.75, 3.05) is 18.1 Å². The number of hydrogen-bond donors (Lipinski definition) is 0. The van der Waals surface area contributed by atoms with Gasteiger partial charge >= 0.3 is 19.4 Å². The van der Waals surface area contributed by atoms with E-state index in [1.165, 1.54) is 23.0 Å². The molecule has 1 aromatic heterocycles. The van der Waals surface area contributed by atoms with Crippen molar-refractivity contribution in [2.45, 2.75) is 32.6 Å². The summed E-state index contributed by atoms with van der Waals surface area (Å²) in [5.41, 5.74) is -0.149. The first-order chi connectivity index (χ1) is 13.2. The molecule has 0 spiro atoms. The van der Waals surface area contributed by atoms with E-state index >= 15 is 0 Å². The molecule has 1 aromatic carbocycles. The molecule has 0 unspecified atom stereocenters. The molecule has 0 saturated heterocycles. The topological polar surface area (TPSA) is 86.6 Å². The number of carbonyl (C=O) groups excluding carboxylic acids is 1. The summed E-state index contributed by atoms with van der Waals surface area (Å²) < 4.78 is 52.8. The zero-order chi connectivity index (χ0) is 20.5. The second-order valence-electron chi connectivity index (χ2n) is 5.96. The van der Waals surface area contributed by atoms with Gasteiger partial charge in [-0.3, -0.25) is 9.36 Å². The third kappa shape index (κ3) is 3.96. The summed E-state index contributed by atoms with van der Waals surface area (Å²) in [7, 11) is -3.41. The summed E-state index contributed by atoms with van der Waals surface area (Å²) in [5.74, 6) is -5.04. The molecule has 0 atom stereocenters. The van der Waals surface area contributed by atoms with Gasteiger partial charge in [0.25, 0.3) is 0 Å². The van der Waals surface area contributed by atoms with Crippen LogP contribution in [0.25, 0.3) is 0 Å². The number of benzene rings is 1. The highest BCUT2D eigenvalue weighted by molar-refractivity contribution is 7.52. The molecular formula is C16H18ClF2N4O4P. The van der Waals surface area contributed by atoms with E-state index in [4.69, 9.17) is 20.6 Å². The van der Waals surface area contributed by atoms with E-state index in [1.807, 2.05) is 0 Å². The smallest absolute Gasteiger partial charge is 0.308 e. The van der Waals surface area contributed by atoms with Crippen molar-refractivity contribution in [1.29, 1.82) is 0 Å². The van der Waals surface area contributed by atoms with E-state index in [1.54, 1.807) is 13.8 Å². The van der Waals surface area contributed by atoms with E-state index in [2.05, 4.69) is 10.3 Å². The van der Waals surface area contributed by atoms with Gasteiger partial charge in [-0.05, 0) is 32.0 Å². The molecular weight excluding hydrogens is 417 g/mol. The van der Waals surface area contributed by atoms with Crippen molar-refractivity contribution < 1.29 is 27.2 Å². The molecule has 8 nitrogen and oxygen atoms in total. The lowest BCUT2D eigenvalue weighted by Crippen LogP contribution is -2.34. The Morgan fingerprint density at radius 1 is 1.25 bits per heavy atom. The molecule has 1 amide bonds. The Bertz CT molecular complexity index is 929. The van der Waals surface area contributed by atoms with Crippen molar-refractivity contribution in [2.24, 2.45) is 0 Å². The third-order valence-electron chi connectivity index (χ3n) is 3.98. The van der Waals surface area contributed by atoms with Crippen LogP contribution in [-0.2, 0) is 37.2 Å². The Hall–Kier alpha value is -1.87. The maximum absolute atomic E-state index is 14.3. The normalized spacial score (nSPS) is 15.9. The molecule has 0 fully saturated rings. The molecule has 12 heteroatoms. The Labute approximate surface area is 164 Å². The number of alkyl halides is 2. The number of aromatic nitrogens is 3. The second kappa shape index (κ2) is 7.87. The van der Waals surface area contributed by atoms with Gasteiger partial charge in [0.2, 0.25) is 0 Å². The van der Waals surface area contributed by atoms with Gasteiger partial charge in [0.05, 0.1) is 37.2 Å². The summed E-state index contributed by atoms with van der Waals surface area (Å²) in [5, 5.41) is 7.81. The minimum Gasteiger partial charge on any atom is -0.308 e. The minimum absolute atomic E-state index is 0.0586. The maximum Gasteiger partial charge on any atom is 0.352 e. The fraction of sp³-hybridized carbons (Fsp3) is 0.438. The lowest BCUT2D eigenvalue weighted by atomic mass is 10.1. The fourth-order valence-electron chi connectivity index (χ4n) is 2.88. The second-order valence-corrected chi connectivity index (χ2v) is 8.42. The van der Waals surface area contributed by atoms with Gasteiger partial charge < -0.3 is 13.9 Å². The lowest BCUT2D eigenvalue weighted by Gasteiger charge is -2.16. The molecule has 2 heterocycles. The highest BCUT2D eigenvalue weighted by Crippen LogP contribution is 2.49. The summed E-state index contributed by atoms with van der Waals surface area (Å²) >= 11 is 5.78. The number of nitrogens with zero attached hydrogens (tertiary/aromatic N) is 4. The third-order valence-corrected chi connectivity index (χ3v) is 6.15. The fourth-order valence-corrected chi connectivity index (χ4v) is 4.57. The van der Waals surface area contributed by atoms with Crippen LogP contribution < -0.4 is 4.90 Å².